The summed E-state index contributed by atoms with van der Waals surface area (Å²) >= 11 is 2.61. The van der Waals surface area contributed by atoms with Crippen molar-refractivity contribution < 1.29 is 14.7 Å². The van der Waals surface area contributed by atoms with Crippen LogP contribution in [0.2, 0.25) is 0 Å². The number of hydrogen-bond acceptors (Lipinski definition) is 7. The molecule has 0 saturated carbocycles. The maximum absolute atomic E-state index is 13.2. The predicted molar refractivity (Wildman–Crippen MR) is 112 cm³/mol. The third-order valence-electron chi connectivity index (χ3n) is 4.71. The molecule has 8 heteroatoms. The number of aliphatic hydroxyl groups is 1. The van der Waals surface area contributed by atoms with Gasteiger partial charge in [-0.3, -0.25) is 19.5 Å². The van der Waals surface area contributed by atoms with Gasteiger partial charge in [-0.25, -0.2) is 4.98 Å². The van der Waals surface area contributed by atoms with Gasteiger partial charge in [-0.1, -0.05) is 29.5 Å². The van der Waals surface area contributed by atoms with Crippen molar-refractivity contribution in [1.82, 2.24) is 9.97 Å². The molecule has 1 N–H and O–H groups in total. The van der Waals surface area contributed by atoms with Crippen molar-refractivity contribution in [1.29, 1.82) is 0 Å². The fraction of sp³-hybridized carbons (Fsp3) is 0.0476. The summed E-state index contributed by atoms with van der Waals surface area (Å²) in [6.07, 6.45) is 3.19. The quantitative estimate of drug-likeness (QED) is 0.491. The molecule has 4 aromatic rings. The highest BCUT2D eigenvalue weighted by Gasteiger charge is 2.46. The molecule has 5 rings (SSSR count). The van der Waals surface area contributed by atoms with E-state index < -0.39 is 17.7 Å². The Morgan fingerprint density at radius 2 is 1.86 bits per heavy atom. The Morgan fingerprint density at radius 3 is 2.59 bits per heavy atom. The number of nitrogens with zero attached hydrogens (tertiary/aromatic N) is 3. The Labute approximate surface area is 173 Å². The van der Waals surface area contributed by atoms with E-state index in [0.717, 1.165) is 10.2 Å². The summed E-state index contributed by atoms with van der Waals surface area (Å²) in [5.41, 5.74) is 1.49. The number of hydrogen-bond donors (Lipinski definition) is 1. The molecule has 29 heavy (non-hydrogen) atoms. The van der Waals surface area contributed by atoms with Gasteiger partial charge in [0.2, 0.25) is 5.78 Å². The average Bonchev–Trinajstić information content (AvgIpc) is 3.47. The van der Waals surface area contributed by atoms with Gasteiger partial charge in [-0.2, -0.15) is 0 Å². The topological polar surface area (TPSA) is 83.4 Å². The smallest absolute Gasteiger partial charge is 0.296 e. The number of carbonyl (C=O) groups excluding carboxylic acids is 2. The van der Waals surface area contributed by atoms with Gasteiger partial charge in [0.15, 0.2) is 10.9 Å². The lowest BCUT2D eigenvalue weighted by Crippen LogP contribution is -2.30. The SMILES string of the molecule is O=C(C1=C(O)C(=O)N(c2nc3ccccc3s2)C1c1ccncc1)c1cccs1. The minimum absolute atomic E-state index is 0.0582. The standard InChI is InChI=1S/C21H13N3O3S2/c25-18(15-6-3-11-28-15)16-17(12-7-9-22-10-8-12)24(20(27)19(16)26)21-23-13-4-1-2-5-14(13)29-21/h1-11,17,26H. The highest BCUT2D eigenvalue weighted by atomic mass is 32.1. The minimum atomic E-state index is -0.777. The van der Waals surface area contributed by atoms with Crippen LogP contribution in [0.1, 0.15) is 21.3 Å². The maximum atomic E-state index is 13.2. The molecule has 3 aromatic heterocycles. The molecule has 1 aliphatic heterocycles. The van der Waals surface area contributed by atoms with Crippen LogP contribution in [0.15, 0.2) is 77.6 Å². The Kier molecular flexibility index (Phi) is 4.22. The Hall–Kier alpha value is -3.36. The number of aromatic nitrogens is 2. The van der Waals surface area contributed by atoms with Crippen LogP contribution in [-0.4, -0.2) is 26.8 Å². The number of aliphatic hydroxyl groups excluding tert-OH is 1. The number of thiazole rings is 1. The van der Waals surface area contributed by atoms with Crippen molar-refractivity contribution in [3.63, 3.8) is 0 Å². The summed E-state index contributed by atoms with van der Waals surface area (Å²) in [6, 6.07) is 13.7. The normalized spacial score (nSPS) is 16.8. The van der Waals surface area contributed by atoms with E-state index in [1.165, 1.54) is 27.6 Å². The summed E-state index contributed by atoms with van der Waals surface area (Å²) in [4.78, 5) is 36.7. The number of fused-ring (bicyclic) bond motifs is 1. The molecule has 6 nitrogen and oxygen atoms in total. The monoisotopic (exact) mass is 419 g/mol. The first-order valence-corrected chi connectivity index (χ1v) is 10.4. The van der Waals surface area contributed by atoms with Gasteiger partial charge >= 0.3 is 0 Å². The molecule has 0 saturated heterocycles. The molecule has 1 unspecified atom stereocenters. The average molecular weight is 419 g/mol. The Bertz CT molecular complexity index is 1230. The zero-order valence-corrected chi connectivity index (χ0v) is 16.5. The first kappa shape index (κ1) is 17.7. The van der Waals surface area contributed by atoms with Gasteiger partial charge in [0.1, 0.15) is 0 Å². The highest BCUT2D eigenvalue weighted by Crippen LogP contribution is 2.44. The van der Waals surface area contributed by atoms with Gasteiger partial charge in [0.05, 0.1) is 26.7 Å². The fourth-order valence-electron chi connectivity index (χ4n) is 3.40. The van der Waals surface area contributed by atoms with E-state index in [0.29, 0.717) is 15.6 Å². The Balaban J connectivity index is 1.69. The number of carbonyl (C=O) groups is 2. The van der Waals surface area contributed by atoms with Gasteiger partial charge < -0.3 is 5.11 Å². The molecule has 142 valence electrons. The van der Waals surface area contributed by atoms with Gasteiger partial charge in [0.25, 0.3) is 5.91 Å². The van der Waals surface area contributed by atoms with Crippen LogP contribution < -0.4 is 4.90 Å². The second-order valence-electron chi connectivity index (χ2n) is 6.39. The largest absolute Gasteiger partial charge is 0.503 e. The maximum Gasteiger partial charge on any atom is 0.296 e. The predicted octanol–water partition coefficient (Wildman–Crippen LogP) is 4.54. The van der Waals surface area contributed by atoms with E-state index in [1.807, 2.05) is 24.3 Å². The Morgan fingerprint density at radius 1 is 1.07 bits per heavy atom. The van der Waals surface area contributed by atoms with Crippen molar-refractivity contribution in [3.05, 3.63) is 88.1 Å². The molecular weight excluding hydrogens is 406 g/mol. The van der Waals surface area contributed by atoms with E-state index in [4.69, 9.17) is 0 Å². The van der Waals surface area contributed by atoms with Crippen LogP contribution in [0.25, 0.3) is 10.2 Å². The molecule has 0 spiro atoms. The molecule has 1 aliphatic rings. The number of Topliss-reactive ketones (excluding diaryl/α,β-unsaturated/α-hetero) is 1. The van der Waals surface area contributed by atoms with E-state index in [2.05, 4.69) is 9.97 Å². The minimum Gasteiger partial charge on any atom is -0.503 e. The van der Waals surface area contributed by atoms with Crippen LogP contribution >= 0.6 is 22.7 Å². The molecule has 1 atom stereocenters. The first-order chi connectivity index (χ1) is 14.1. The fourth-order valence-corrected chi connectivity index (χ4v) is 5.07. The zero-order valence-electron chi connectivity index (χ0n) is 14.9. The molecule has 0 bridgehead atoms. The third kappa shape index (κ3) is 2.84. The first-order valence-electron chi connectivity index (χ1n) is 8.75. The number of pyridine rings is 1. The second kappa shape index (κ2) is 6.91. The van der Waals surface area contributed by atoms with E-state index >= 15 is 0 Å². The zero-order chi connectivity index (χ0) is 20.0. The molecule has 0 radical (unpaired) electrons. The number of amides is 1. The van der Waals surface area contributed by atoms with Crippen molar-refractivity contribution in [2.45, 2.75) is 6.04 Å². The molecule has 0 fully saturated rings. The van der Waals surface area contributed by atoms with Crippen molar-refractivity contribution in [3.8, 4) is 0 Å². The van der Waals surface area contributed by atoms with Crippen LogP contribution in [0.4, 0.5) is 5.13 Å². The van der Waals surface area contributed by atoms with Crippen molar-refractivity contribution in [2.75, 3.05) is 4.90 Å². The molecule has 1 amide bonds. The summed E-state index contributed by atoms with van der Waals surface area (Å²) in [6.45, 7) is 0. The van der Waals surface area contributed by atoms with E-state index in [1.54, 1.807) is 42.0 Å². The lowest BCUT2D eigenvalue weighted by Gasteiger charge is -2.24. The van der Waals surface area contributed by atoms with E-state index in [9.17, 15) is 14.7 Å². The van der Waals surface area contributed by atoms with Crippen LogP contribution in [0.3, 0.4) is 0 Å². The van der Waals surface area contributed by atoms with Crippen molar-refractivity contribution in [2.24, 2.45) is 0 Å². The van der Waals surface area contributed by atoms with Gasteiger partial charge in [0, 0.05) is 12.4 Å². The number of anilines is 1. The van der Waals surface area contributed by atoms with E-state index in [-0.39, 0.29) is 11.4 Å². The molecular formula is C21H13N3O3S2. The second-order valence-corrected chi connectivity index (χ2v) is 8.35. The summed E-state index contributed by atoms with van der Waals surface area (Å²) < 4.78 is 0.918. The number of benzene rings is 1. The summed E-state index contributed by atoms with van der Waals surface area (Å²) in [7, 11) is 0. The number of rotatable bonds is 4. The summed E-state index contributed by atoms with van der Waals surface area (Å²) in [5, 5.41) is 12.9. The summed E-state index contributed by atoms with van der Waals surface area (Å²) in [5.74, 6) is -1.54. The number of thiophene rings is 1. The highest BCUT2D eigenvalue weighted by molar-refractivity contribution is 7.22. The molecule has 0 aliphatic carbocycles. The van der Waals surface area contributed by atoms with Crippen LogP contribution in [-0.2, 0) is 4.79 Å². The van der Waals surface area contributed by atoms with Gasteiger partial charge in [-0.05, 0) is 41.3 Å². The van der Waals surface area contributed by atoms with Crippen LogP contribution in [0, 0.1) is 0 Å². The number of ketones is 1. The molecule has 1 aromatic carbocycles. The molecule has 4 heterocycles. The number of para-hydroxylation sites is 1. The lowest BCUT2D eigenvalue weighted by molar-refractivity contribution is -0.117. The van der Waals surface area contributed by atoms with Gasteiger partial charge in [-0.15, -0.1) is 11.3 Å². The lowest BCUT2D eigenvalue weighted by atomic mass is 9.96. The van der Waals surface area contributed by atoms with Crippen molar-refractivity contribution >= 4 is 49.7 Å². The third-order valence-corrected chi connectivity index (χ3v) is 6.61. The van der Waals surface area contributed by atoms with Crippen LogP contribution in [0.5, 0.6) is 0 Å².